The number of aromatic nitrogens is 1. The Bertz CT molecular complexity index is 625. The highest BCUT2D eigenvalue weighted by atomic mass is 16.5. The average Bonchev–Trinajstić information content (AvgIpc) is 3.00. The van der Waals surface area contributed by atoms with Gasteiger partial charge < -0.3 is 4.52 Å². The van der Waals surface area contributed by atoms with Crippen molar-refractivity contribution in [3.8, 4) is 0 Å². The molecule has 1 atom stereocenters. The second-order valence-corrected chi connectivity index (χ2v) is 6.30. The van der Waals surface area contributed by atoms with E-state index in [1.165, 1.54) is 35.1 Å². The Morgan fingerprint density at radius 2 is 2.05 bits per heavy atom. The molecule has 0 aliphatic carbocycles. The first-order valence-corrected chi connectivity index (χ1v) is 7.79. The first kappa shape index (κ1) is 14.3. The molecular weight excluding hydrogens is 260 g/mol. The molecule has 1 aromatic heterocycles. The summed E-state index contributed by atoms with van der Waals surface area (Å²) >= 11 is 0. The molecule has 3 nitrogen and oxygen atoms in total. The van der Waals surface area contributed by atoms with Crippen molar-refractivity contribution in [2.24, 2.45) is 0 Å². The van der Waals surface area contributed by atoms with Crippen LogP contribution in [0.15, 0.2) is 22.7 Å². The molecule has 0 spiro atoms. The quantitative estimate of drug-likeness (QED) is 0.844. The molecule has 0 bridgehead atoms. The van der Waals surface area contributed by atoms with E-state index < -0.39 is 0 Å². The highest BCUT2D eigenvalue weighted by Gasteiger charge is 2.30. The van der Waals surface area contributed by atoms with E-state index in [1.54, 1.807) is 0 Å². The van der Waals surface area contributed by atoms with Gasteiger partial charge in [0.25, 0.3) is 0 Å². The maximum Gasteiger partial charge on any atom is 0.138 e. The Balaban J connectivity index is 1.85. The molecule has 2 heterocycles. The molecule has 1 fully saturated rings. The number of rotatable bonds is 3. The number of hydrogen-bond donors (Lipinski definition) is 0. The summed E-state index contributed by atoms with van der Waals surface area (Å²) in [4.78, 5) is 2.57. The normalized spacial score (nSPS) is 19.3. The van der Waals surface area contributed by atoms with Crippen LogP contribution >= 0.6 is 0 Å². The highest BCUT2D eigenvalue weighted by Crippen LogP contribution is 2.36. The van der Waals surface area contributed by atoms with Gasteiger partial charge in [0.1, 0.15) is 5.76 Å². The second kappa shape index (κ2) is 5.64. The van der Waals surface area contributed by atoms with Gasteiger partial charge in [-0.1, -0.05) is 28.9 Å². The Labute approximate surface area is 126 Å². The topological polar surface area (TPSA) is 29.3 Å². The van der Waals surface area contributed by atoms with E-state index in [0.29, 0.717) is 6.04 Å². The van der Waals surface area contributed by atoms with Crippen molar-refractivity contribution >= 4 is 0 Å². The minimum atomic E-state index is 0.456. The second-order valence-electron chi connectivity index (χ2n) is 6.30. The minimum absolute atomic E-state index is 0.456. The van der Waals surface area contributed by atoms with Crippen molar-refractivity contribution in [2.45, 2.75) is 53.1 Å². The predicted molar refractivity (Wildman–Crippen MR) is 84.3 cm³/mol. The SMILES string of the molecule is Cc1ccc(CN2CCC[C@@H]2c2c(C)noc2C)c(C)c1. The molecule has 0 N–H and O–H groups in total. The first-order valence-electron chi connectivity index (χ1n) is 7.79. The van der Waals surface area contributed by atoms with E-state index in [9.17, 15) is 0 Å². The number of likely N-dealkylation sites (tertiary alicyclic amines) is 1. The molecule has 0 unspecified atom stereocenters. The van der Waals surface area contributed by atoms with Crippen molar-refractivity contribution in [1.82, 2.24) is 10.1 Å². The largest absolute Gasteiger partial charge is 0.361 e. The van der Waals surface area contributed by atoms with Crippen molar-refractivity contribution in [3.05, 3.63) is 51.9 Å². The van der Waals surface area contributed by atoms with Crippen molar-refractivity contribution in [1.29, 1.82) is 0 Å². The zero-order chi connectivity index (χ0) is 15.0. The Hall–Kier alpha value is -1.61. The summed E-state index contributed by atoms with van der Waals surface area (Å²) in [6.45, 7) is 10.6. The molecule has 1 aliphatic heterocycles. The third-order valence-corrected chi connectivity index (χ3v) is 4.66. The molecule has 1 aromatic carbocycles. The lowest BCUT2D eigenvalue weighted by molar-refractivity contribution is 0.245. The van der Waals surface area contributed by atoms with Gasteiger partial charge in [-0.3, -0.25) is 4.90 Å². The van der Waals surface area contributed by atoms with Crippen LogP contribution in [-0.2, 0) is 6.54 Å². The lowest BCUT2D eigenvalue weighted by atomic mass is 10.0. The third kappa shape index (κ3) is 2.75. The standard InChI is InChI=1S/C18H24N2O/c1-12-7-8-16(13(2)10-12)11-20-9-5-6-17(20)18-14(3)19-21-15(18)4/h7-8,10,17H,5-6,9,11H2,1-4H3/t17-/m1/s1. The minimum Gasteiger partial charge on any atom is -0.361 e. The van der Waals surface area contributed by atoms with Gasteiger partial charge in [0.15, 0.2) is 0 Å². The van der Waals surface area contributed by atoms with Crippen LogP contribution in [0.5, 0.6) is 0 Å². The molecule has 1 saturated heterocycles. The fraction of sp³-hybridized carbons (Fsp3) is 0.500. The zero-order valence-electron chi connectivity index (χ0n) is 13.4. The smallest absolute Gasteiger partial charge is 0.138 e. The average molecular weight is 284 g/mol. The van der Waals surface area contributed by atoms with Gasteiger partial charge >= 0.3 is 0 Å². The summed E-state index contributed by atoms with van der Waals surface area (Å²) in [5.41, 5.74) is 6.50. The molecule has 0 amide bonds. The molecular formula is C18H24N2O. The zero-order valence-corrected chi connectivity index (χ0v) is 13.4. The fourth-order valence-electron chi connectivity index (χ4n) is 3.55. The fourth-order valence-corrected chi connectivity index (χ4v) is 3.55. The van der Waals surface area contributed by atoms with Crippen LogP contribution in [-0.4, -0.2) is 16.6 Å². The molecule has 0 radical (unpaired) electrons. The number of nitrogens with zero attached hydrogens (tertiary/aromatic N) is 2. The van der Waals surface area contributed by atoms with E-state index in [-0.39, 0.29) is 0 Å². The van der Waals surface area contributed by atoms with Crippen LogP contribution in [0.1, 0.15) is 52.6 Å². The summed E-state index contributed by atoms with van der Waals surface area (Å²) in [6.07, 6.45) is 2.45. The van der Waals surface area contributed by atoms with Crippen molar-refractivity contribution in [3.63, 3.8) is 0 Å². The Kier molecular flexibility index (Phi) is 3.85. The third-order valence-electron chi connectivity index (χ3n) is 4.66. The van der Waals surface area contributed by atoms with Crippen LogP contribution in [0.25, 0.3) is 0 Å². The molecule has 3 heteroatoms. The molecule has 1 aliphatic rings. The van der Waals surface area contributed by atoms with E-state index in [4.69, 9.17) is 4.52 Å². The van der Waals surface area contributed by atoms with Gasteiger partial charge in [0, 0.05) is 18.2 Å². The van der Waals surface area contributed by atoms with E-state index in [0.717, 1.165) is 24.5 Å². The van der Waals surface area contributed by atoms with Crippen LogP contribution in [0, 0.1) is 27.7 Å². The monoisotopic (exact) mass is 284 g/mol. The number of benzene rings is 1. The summed E-state index contributed by atoms with van der Waals surface area (Å²) < 4.78 is 5.37. The van der Waals surface area contributed by atoms with E-state index >= 15 is 0 Å². The van der Waals surface area contributed by atoms with Gasteiger partial charge in [-0.05, 0) is 58.2 Å². The van der Waals surface area contributed by atoms with Gasteiger partial charge in [0.2, 0.25) is 0 Å². The van der Waals surface area contributed by atoms with E-state index in [2.05, 4.69) is 49.0 Å². The molecule has 3 rings (SSSR count). The van der Waals surface area contributed by atoms with E-state index in [1.807, 2.05) is 6.92 Å². The van der Waals surface area contributed by atoms with Crippen LogP contribution in [0.4, 0.5) is 0 Å². The highest BCUT2D eigenvalue weighted by molar-refractivity contribution is 5.31. The van der Waals surface area contributed by atoms with Crippen LogP contribution < -0.4 is 0 Å². The molecule has 0 saturated carbocycles. The van der Waals surface area contributed by atoms with Gasteiger partial charge in [0.05, 0.1) is 5.69 Å². The lowest BCUT2D eigenvalue weighted by Gasteiger charge is -2.25. The molecule has 112 valence electrons. The van der Waals surface area contributed by atoms with Crippen LogP contribution in [0.2, 0.25) is 0 Å². The first-order chi connectivity index (χ1) is 10.1. The maximum absolute atomic E-state index is 5.37. The molecule has 2 aromatic rings. The predicted octanol–water partition coefficient (Wildman–Crippen LogP) is 4.25. The van der Waals surface area contributed by atoms with Crippen molar-refractivity contribution < 1.29 is 4.52 Å². The Morgan fingerprint density at radius 1 is 1.24 bits per heavy atom. The number of aryl methyl sites for hydroxylation is 4. The van der Waals surface area contributed by atoms with Gasteiger partial charge in [-0.25, -0.2) is 0 Å². The Morgan fingerprint density at radius 3 is 2.71 bits per heavy atom. The maximum atomic E-state index is 5.37. The van der Waals surface area contributed by atoms with Gasteiger partial charge in [-0.2, -0.15) is 0 Å². The van der Waals surface area contributed by atoms with Crippen LogP contribution in [0.3, 0.4) is 0 Å². The number of hydrogen-bond acceptors (Lipinski definition) is 3. The van der Waals surface area contributed by atoms with Gasteiger partial charge in [-0.15, -0.1) is 0 Å². The molecule has 21 heavy (non-hydrogen) atoms. The summed E-state index contributed by atoms with van der Waals surface area (Å²) in [6, 6.07) is 7.21. The summed E-state index contributed by atoms with van der Waals surface area (Å²) in [5.74, 6) is 0.977. The lowest BCUT2D eigenvalue weighted by Crippen LogP contribution is -2.24. The summed E-state index contributed by atoms with van der Waals surface area (Å²) in [5, 5.41) is 4.13. The summed E-state index contributed by atoms with van der Waals surface area (Å²) in [7, 11) is 0. The van der Waals surface area contributed by atoms with Crippen molar-refractivity contribution in [2.75, 3.05) is 6.54 Å².